The Labute approximate surface area is 68.3 Å². The van der Waals surface area contributed by atoms with E-state index < -0.39 is 0 Å². The van der Waals surface area contributed by atoms with Gasteiger partial charge in [-0.1, -0.05) is 13.3 Å². The van der Waals surface area contributed by atoms with Crippen LogP contribution in [0.2, 0.25) is 0 Å². The van der Waals surface area contributed by atoms with Crippen LogP contribution >= 0.6 is 0 Å². The first-order valence-electron chi connectivity index (χ1n) is 3.99. The zero-order chi connectivity index (χ0) is 8.36. The third-order valence-electron chi connectivity index (χ3n) is 1.13. The number of aliphatic hydroxyl groups excluding tert-OH is 1. The molecule has 0 saturated carbocycles. The van der Waals surface area contributed by atoms with Crippen LogP contribution < -0.4 is 0 Å². The highest BCUT2D eigenvalue weighted by Crippen LogP contribution is 1.85. The van der Waals surface area contributed by atoms with Gasteiger partial charge in [-0.2, -0.15) is 0 Å². The van der Waals surface area contributed by atoms with Gasteiger partial charge in [0, 0.05) is 6.61 Å². The lowest BCUT2D eigenvalue weighted by Gasteiger charge is -2.02. The molecule has 0 bridgehead atoms. The van der Waals surface area contributed by atoms with E-state index in [0.29, 0.717) is 26.4 Å². The van der Waals surface area contributed by atoms with E-state index >= 15 is 0 Å². The molecule has 0 unspecified atom stereocenters. The predicted octanol–water partition coefficient (Wildman–Crippen LogP) is 0.626. The minimum atomic E-state index is 0.0844. The van der Waals surface area contributed by atoms with Crippen molar-refractivity contribution in [2.75, 3.05) is 33.0 Å². The lowest BCUT2D eigenvalue weighted by atomic mass is 10.4. The first kappa shape index (κ1) is 10.9. The van der Waals surface area contributed by atoms with Gasteiger partial charge in [0.15, 0.2) is 0 Å². The maximum atomic E-state index is 8.34. The fourth-order valence-electron chi connectivity index (χ4n) is 0.569. The Morgan fingerprint density at radius 2 is 1.91 bits per heavy atom. The molecule has 0 aliphatic heterocycles. The SMILES string of the molecule is CC[CH]COCCOCCO. The van der Waals surface area contributed by atoms with Crippen LogP contribution in [0.4, 0.5) is 0 Å². The van der Waals surface area contributed by atoms with Crippen molar-refractivity contribution in [3.05, 3.63) is 6.42 Å². The largest absolute Gasteiger partial charge is 0.394 e. The Balaban J connectivity index is 2.69. The molecule has 0 atom stereocenters. The van der Waals surface area contributed by atoms with E-state index in [-0.39, 0.29) is 6.61 Å². The highest BCUT2D eigenvalue weighted by Gasteiger charge is 1.87. The minimum absolute atomic E-state index is 0.0844. The van der Waals surface area contributed by atoms with Crippen molar-refractivity contribution < 1.29 is 14.6 Å². The fourth-order valence-corrected chi connectivity index (χ4v) is 0.569. The van der Waals surface area contributed by atoms with Gasteiger partial charge in [0.1, 0.15) is 0 Å². The molecule has 0 aliphatic carbocycles. The van der Waals surface area contributed by atoms with Gasteiger partial charge in [0.25, 0.3) is 0 Å². The molecule has 0 aromatic rings. The van der Waals surface area contributed by atoms with Crippen molar-refractivity contribution in [2.45, 2.75) is 13.3 Å². The molecular formula is C8H17O3. The summed E-state index contributed by atoms with van der Waals surface area (Å²) in [6.45, 7) is 4.43. The van der Waals surface area contributed by atoms with E-state index in [1.807, 2.05) is 0 Å². The maximum absolute atomic E-state index is 8.34. The van der Waals surface area contributed by atoms with Crippen molar-refractivity contribution in [1.82, 2.24) is 0 Å². The van der Waals surface area contributed by atoms with E-state index in [1.165, 1.54) is 0 Å². The predicted molar refractivity (Wildman–Crippen MR) is 43.3 cm³/mol. The van der Waals surface area contributed by atoms with Gasteiger partial charge in [-0.05, 0) is 6.42 Å². The summed E-state index contributed by atoms with van der Waals surface area (Å²) >= 11 is 0. The molecule has 0 fully saturated rings. The van der Waals surface area contributed by atoms with E-state index in [2.05, 4.69) is 13.3 Å². The van der Waals surface area contributed by atoms with Crippen LogP contribution in [0.15, 0.2) is 0 Å². The first-order valence-corrected chi connectivity index (χ1v) is 3.99. The summed E-state index contributed by atoms with van der Waals surface area (Å²) < 4.78 is 10.1. The zero-order valence-electron chi connectivity index (χ0n) is 7.08. The molecule has 0 aromatic heterocycles. The fraction of sp³-hybridized carbons (Fsp3) is 0.875. The molecule has 0 saturated heterocycles. The number of hydrogen-bond acceptors (Lipinski definition) is 3. The van der Waals surface area contributed by atoms with Crippen molar-refractivity contribution in [3.63, 3.8) is 0 Å². The van der Waals surface area contributed by atoms with Crippen LogP contribution in [0.3, 0.4) is 0 Å². The summed E-state index contributed by atoms with van der Waals surface area (Å²) in [5.74, 6) is 0. The van der Waals surface area contributed by atoms with E-state index in [4.69, 9.17) is 14.6 Å². The Bertz CT molecular complexity index is 58.4. The second-order valence-corrected chi connectivity index (χ2v) is 2.11. The minimum Gasteiger partial charge on any atom is -0.394 e. The van der Waals surface area contributed by atoms with E-state index in [9.17, 15) is 0 Å². The second kappa shape index (κ2) is 9.88. The zero-order valence-corrected chi connectivity index (χ0v) is 7.08. The van der Waals surface area contributed by atoms with Gasteiger partial charge in [-0.3, -0.25) is 0 Å². The van der Waals surface area contributed by atoms with E-state index in [0.717, 1.165) is 6.42 Å². The molecular weight excluding hydrogens is 144 g/mol. The van der Waals surface area contributed by atoms with Crippen LogP contribution in [0.5, 0.6) is 0 Å². The highest BCUT2D eigenvalue weighted by atomic mass is 16.5. The molecule has 0 rings (SSSR count). The normalized spacial score (nSPS) is 10.4. The summed E-state index contributed by atoms with van der Waals surface area (Å²) in [6, 6.07) is 0. The van der Waals surface area contributed by atoms with Gasteiger partial charge < -0.3 is 14.6 Å². The quantitative estimate of drug-likeness (QED) is 0.530. The summed E-state index contributed by atoms with van der Waals surface area (Å²) in [4.78, 5) is 0. The molecule has 0 aliphatic rings. The number of ether oxygens (including phenoxy) is 2. The monoisotopic (exact) mass is 161 g/mol. The van der Waals surface area contributed by atoms with Crippen LogP contribution in [-0.4, -0.2) is 38.1 Å². The Morgan fingerprint density at radius 1 is 1.18 bits per heavy atom. The van der Waals surface area contributed by atoms with Gasteiger partial charge in [-0.15, -0.1) is 0 Å². The molecule has 0 heterocycles. The number of unbranched alkanes of at least 4 members (excludes halogenated alkanes) is 1. The third kappa shape index (κ3) is 9.88. The lowest BCUT2D eigenvalue weighted by Crippen LogP contribution is -2.07. The lowest BCUT2D eigenvalue weighted by molar-refractivity contribution is 0.0386. The smallest absolute Gasteiger partial charge is 0.0701 e. The van der Waals surface area contributed by atoms with Gasteiger partial charge in [0.2, 0.25) is 0 Å². The van der Waals surface area contributed by atoms with Crippen LogP contribution in [0, 0.1) is 6.42 Å². The van der Waals surface area contributed by atoms with Crippen LogP contribution in [0.25, 0.3) is 0 Å². The van der Waals surface area contributed by atoms with Crippen molar-refractivity contribution >= 4 is 0 Å². The topological polar surface area (TPSA) is 38.7 Å². The van der Waals surface area contributed by atoms with Crippen LogP contribution in [0.1, 0.15) is 13.3 Å². The highest BCUT2D eigenvalue weighted by molar-refractivity contribution is 4.57. The van der Waals surface area contributed by atoms with Gasteiger partial charge >= 0.3 is 0 Å². The molecule has 67 valence electrons. The summed E-state index contributed by atoms with van der Waals surface area (Å²) in [5.41, 5.74) is 0. The molecule has 1 radical (unpaired) electrons. The summed E-state index contributed by atoms with van der Waals surface area (Å²) in [5, 5.41) is 8.34. The molecule has 3 heteroatoms. The Kier molecular flexibility index (Phi) is 9.77. The maximum Gasteiger partial charge on any atom is 0.0701 e. The average Bonchev–Trinajstić information content (AvgIpc) is 2.03. The number of hydrogen-bond donors (Lipinski definition) is 1. The molecule has 0 spiro atoms. The summed E-state index contributed by atoms with van der Waals surface area (Å²) in [7, 11) is 0. The first-order chi connectivity index (χ1) is 5.41. The molecule has 1 N–H and O–H groups in total. The van der Waals surface area contributed by atoms with E-state index in [1.54, 1.807) is 0 Å². The van der Waals surface area contributed by atoms with Crippen molar-refractivity contribution in [2.24, 2.45) is 0 Å². The van der Waals surface area contributed by atoms with Gasteiger partial charge in [0.05, 0.1) is 26.4 Å². The van der Waals surface area contributed by atoms with Gasteiger partial charge in [-0.25, -0.2) is 0 Å². The van der Waals surface area contributed by atoms with Crippen molar-refractivity contribution in [1.29, 1.82) is 0 Å². The number of rotatable bonds is 8. The van der Waals surface area contributed by atoms with Crippen LogP contribution in [-0.2, 0) is 9.47 Å². The number of aliphatic hydroxyl groups is 1. The standard InChI is InChI=1S/C8H17O3/c1-2-3-5-10-7-8-11-6-4-9/h3,9H,2,4-8H2,1H3. The van der Waals surface area contributed by atoms with Crippen molar-refractivity contribution in [3.8, 4) is 0 Å². The Hall–Kier alpha value is -0.120. The molecule has 11 heavy (non-hydrogen) atoms. The average molecular weight is 161 g/mol. The second-order valence-electron chi connectivity index (χ2n) is 2.11. The molecule has 3 nitrogen and oxygen atoms in total. The Morgan fingerprint density at radius 3 is 2.55 bits per heavy atom. The molecule has 0 amide bonds. The summed E-state index contributed by atoms with van der Waals surface area (Å²) in [6.07, 6.45) is 3.10. The third-order valence-corrected chi connectivity index (χ3v) is 1.13. The molecule has 0 aromatic carbocycles.